The molecule has 1 atom stereocenters. The average Bonchev–Trinajstić information content (AvgIpc) is 2.96. The van der Waals surface area contributed by atoms with Crippen LogP contribution in [0.3, 0.4) is 0 Å². The second-order valence-electron chi connectivity index (χ2n) is 5.29. The normalized spacial score (nSPS) is 17.5. The molecular weight excluding hydrogens is 306 g/mol. The molecule has 0 spiro atoms. The van der Waals surface area contributed by atoms with E-state index in [1.54, 1.807) is 17.5 Å². The Labute approximate surface area is 132 Å². The maximum absolute atomic E-state index is 12.1. The smallest absolute Gasteiger partial charge is 0.287 e. The molecule has 21 heavy (non-hydrogen) atoms. The van der Waals surface area contributed by atoms with Crippen LogP contribution in [0.1, 0.15) is 42.7 Å². The van der Waals surface area contributed by atoms with Crippen molar-refractivity contribution in [2.45, 2.75) is 45.2 Å². The van der Waals surface area contributed by atoms with Crippen molar-refractivity contribution in [1.29, 1.82) is 0 Å². The minimum Gasteiger partial charge on any atom is -0.376 e. The van der Waals surface area contributed by atoms with Crippen LogP contribution in [-0.4, -0.2) is 9.78 Å². The molecule has 2 heterocycles. The summed E-state index contributed by atoms with van der Waals surface area (Å²) in [6, 6.07) is 2.39. The fourth-order valence-electron chi connectivity index (χ4n) is 2.76. The van der Waals surface area contributed by atoms with E-state index in [1.165, 1.54) is 15.1 Å². The van der Waals surface area contributed by atoms with Crippen molar-refractivity contribution < 1.29 is 0 Å². The summed E-state index contributed by atoms with van der Waals surface area (Å²) in [5.41, 5.74) is 1.75. The molecule has 1 unspecified atom stereocenters. The zero-order valence-electron chi connectivity index (χ0n) is 11.9. The largest absolute Gasteiger partial charge is 0.376 e. The third-order valence-electron chi connectivity index (χ3n) is 3.80. The number of aromatic nitrogens is 2. The van der Waals surface area contributed by atoms with Gasteiger partial charge in [-0.3, -0.25) is 4.79 Å². The van der Waals surface area contributed by atoms with Crippen LogP contribution < -0.4 is 10.9 Å². The summed E-state index contributed by atoms with van der Waals surface area (Å²) in [5.74, 6) is 0. The predicted molar refractivity (Wildman–Crippen MR) is 87.4 cm³/mol. The van der Waals surface area contributed by atoms with Gasteiger partial charge in [0.1, 0.15) is 5.02 Å². The molecule has 2 aromatic rings. The van der Waals surface area contributed by atoms with E-state index in [2.05, 4.69) is 21.9 Å². The molecule has 112 valence electrons. The number of anilines is 1. The molecule has 4 nitrogen and oxygen atoms in total. The van der Waals surface area contributed by atoms with E-state index in [0.717, 1.165) is 25.7 Å². The fourth-order valence-corrected chi connectivity index (χ4v) is 3.95. The van der Waals surface area contributed by atoms with Crippen molar-refractivity contribution in [3.05, 3.63) is 43.5 Å². The van der Waals surface area contributed by atoms with Crippen LogP contribution in [0.15, 0.2) is 22.4 Å². The first-order valence-electron chi connectivity index (χ1n) is 7.29. The van der Waals surface area contributed by atoms with Gasteiger partial charge in [-0.25, -0.2) is 4.68 Å². The molecule has 0 fully saturated rings. The summed E-state index contributed by atoms with van der Waals surface area (Å²) in [4.78, 5) is 13.6. The third kappa shape index (κ3) is 2.85. The number of halogens is 1. The first kappa shape index (κ1) is 14.6. The molecule has 2 aromatic heterocycles. The Kier molecular flexibility index (Phi) is 4.31. The molecule has 1 aliphatic carbocycles. The Morgan fingerprint density at radius 3 is 3.24 bits per heavy atom. The van der Waals surface area contributed by atoms with Crippen molar-refractivity contribution in [2.24, 2.45) is 0 Å². The molecule has 0 saturated carbocycles. The Morgan fingerprint density at radius 1 is 1.57 bits per heavy atom. The Morgan fingerprint density at radius 2 is 2.43 bits per heavy atom. The maximum atomic E-state index is 12.1. The summed E-state index contributed by atoms with van der Waals surface area (Å²) in [7, 11) is 0. The minimum atomic E-state index is -0.218. The predicted octanol–water partition coefficient (Wildman–Crippen LogP) is 3.86. The zero-order chi connectivity index (χ0) is 14.8. The van der Waals surface area contributed by atoms with Crippen molar-refractivity contribution in [3.63, 3.8) is 0 Å². The number of nitrogens with one attached hydrogen (secondary N) is 1. The van der Waals surface area contributed by atoms with Crippen LogP contribution in [-0.2, 0) is 13.0 Å². The van der Waals surface area contributed by atoms with E-state index in [-0.39, 0.29) is 16.6 Å². The van der Waals surface area contributed by atoms with Crippen LogP contribution in [0.4, 0.5) is 5.69 Å². The van der Waals surface area contributed by atoms with E-state index < -0.39 is 0 Å². The first-order valence-corrected chi connectivity index (χ1v) is 8.55. The number of aryl methyl sites for hydroxylation is 2. The number of hydrogen-bond acceptors (Lipinski definition) is 4. The van der Waals surface area contributed by atoms with Crippen LogP contribution >= 0.6 is 22.9 Å². The molecule has 6 heteroatoms. The number of fused-ring (bicyclic) bond motifs is 1. The van der Waals surface area contributed by atoms with Crippen LogP contribution in [0.25, 0.3) is 0 Å². The van der Waals surface area contributed by atoms with Gasteiger partial charge in [0.05, 0.1) is 17.9 Å². The second kappa shape index (κ2) is 6.20. The van der Waals surface area contributed by atoms with Crippen LogP contribution in [0, 0.1) is 0 Å². The zero-order valence-corrected chi connectivity index (χ0v) is 13.5. The molecule has 3 rings (SSSR count). The lowest BCUT2D eigenvalue weighted by Crippen LogP contribution is -2.25. The van der Waals surface area contributed by atoms with Crippen LogP contribution in [0.5, 0.6) is 0 Å². The molecule has 0 radical (unpaired) electrons. The van der Waals surface area contributed by atoms with Gasteiger partial charge in [0.15, 0.2) is 0 Å². The summed E-state index contributed by atoms with van der Waals surface area (Å²) >= 11 is 8.02. The van der Waals surface area contributed by atoms with E-state index in [0.29, 0.717) is 12.2 Å². The lowest BCUT2D eigenvalue weighted by atomic mass is 9.94. The molecular formula is C15H18ClN3OS. The van der Waals surface area contributed by atoms with Gasteiger partial charge in [0.2, 0.25) is 0 Å². The molecule has 0 amide bonds. The minimum absolute atomic E-state index is 0.218. The summed E-state index contributed by atoms with van der Waals surface area (Å²) in [5, 5.41) is 9.96. The summed E-state index contributed by atoms with van der Waals surface area (Å²) in [6.45, 7) is 2.60. The monoisotopic (exact) mass is 323 g/mol. The standard InChI is InChI=1S/C15H18ClN3OS/c1-2-7-19-15(20)14(16)12(9-17-19)18-11-4-3-5-13-10(11)6-8-21-13/h6,8-9,11,18H,2-5,7H2,1H3. The summed E-state index contributed by atoms with van der Waals surface area (Å²) in [6.07, 6.45) is 5.88. The number of rotatable bonds is 4. The van der Waals surface area contributed by atoms with Crippen molar-refractivity contribution >= 4 is 28.6 Å². The highest BCUT2D eigenvalue weighted by Crippen LogP contribution is 2.36. The van der Waals surface area contributed by atoms with Gasteiger partial charge in [0, 0.05) is 11.4 Å². The van der Waals surface area contributed by atoms with Gasteiger partial charge >= 0.3 is 0 Å². The Hall–Kier alpha value is -1.33. The van der Waals surface area contributed by atoms with Gasteiger partial charge in [-0.15, -0.1) is 11.3 Å². The highest BCUT2D eigenvalue weighted by Gasteiger charge is 2.22. The quantitative estimate of drug-likeness (QED) is 0.929. The Bertz CT molecular complexity index is 694. The average molecular weight is 324 g/mol. The van der Waals surface area contributed by atoms with Gasteiger partial charge in [-0.05, 0) is 42.7 Å². The maximum Gasteiger partial charge on any atom is 0.287 e. The molecule has 0 bridgehead atoms. The molecule has 0 saturated heterocycles. The van der Waals surface area contributed by atoms with Gasteiger partial charge in [-0.1, -0.05) is 18.5 Å². The first-order chi connectivity index (χ1) is 10.2. The SMILES string of the molecule is CCCn1ncc(NC2CCCc3sccc32)c(Cl)c1=O. The van der Waals surface area contributed by atoms with E-state index >= 15 is 0 Å². The number of nitrogens with zero attached hydrogens (tertiary/aromatic N) is 2. The number of hydrogen-bond donors (Lipinski definition) is 1. The highest BCUT2D eigenvalue weighted by atomic mass is 35.5. The van der Waals surface area contributed by atoms with Crippen LogP contribution in [0.2, 0.25) is 5.02 Å². The number of thiophene rings is 1. The molecule has 1 aliphatic rings. The third-order valence-corrected chi connectivity index (χ3v) is 5.16. The van der Waals surface area contributed by atoms with Crippen molar-refractivity contribution in [1.82, 2.24) is 9.78 Å². The fraction of sp³-hybridized carbons (Fsp3) is 0.467. The van der Waals surface area contributed by atoms with E-state index in [1.807, 2.05) is 6.92 Å². The van der Waals surface area contributed by atoms with Gasteiger partial charge in [-0.2, -0.15) is 5.10 Å². The molecule has 0 aromatic carbocycles. The second-order valence-corrected chi connectivity index (χ2v) is 6.67. The molecule has 0 aliphatic heterocycles. The van der Waals surface area contributed by atoms with Gasteiger partial charge in [0.25, 0.3) is 5.56 Å². The van der Waals surface area contributed by atoms with Crippen molar-refractivity contribution in [3.8, 4) is 0 Å². The lowest BCUT2D eigenvalue weighted by molar-refractivity contribution is 0.566. The van der Waals surface area contributed by atoms with E-state index in [4.69, 9.17) is 11.6 Å². The van der Waals surface area contributed by atoms with Crippen molar-refractivity contribution in [2.75, 3.05) is 5.32 Å². The lowest BCUT2D eigenvalue weighted by Gasteiger charge is -2.25. The molecule has 1 N–H and O–H groups in total. The summed E-state index contributed by atoms with van der Waals surface area (Å²) < 4.78 is 1.42. The topological polar surface area (TPSA) is 46.9 Å². The Balaban J connectivity index is 1.87. The van der Waals surface area contributed by atoms with Gasteiger partial charge < -0.3 is 5.32 Å². The van der Waals surface area contributed by atoms with E-state index in [9.17, 15) is 4.79 Å². The highest BCUT2D eigenvalue weighted by molar-refractivity contribution is 7.10.